The maximum Gasteiger partial charge on any atom is 0.212 e. The predicted molar refractivity (Wildman–Crippen MR) is 84.5 cm³/mol. The summed E-state index contributed by atoms with van der Waals surface area (Å²) in [6.07, 6.45) is 8.68. The first-order valence-electron chi connectivity index (χ1n) is 7.43. The number of nitrogens with zero attached hydrogens (tertiary/aromatic N) is 2. The highest BCUT2D eigenvalue weighted by Gasteiger charge is 2.10. The van der Waals surface area contributed by atoms with E-state index in [1.54, 1.807) is 7.11 Å². The Bertz CT molecular complexity index is 513. The minimum atomic E-state index is 0.405. The largest absolute Gasteiger partial charge is 0.481 e. The summed E-state index contributed by atoms with van der Waals surface area (Å²) < 4.78 is 5.10. The topological polar surface area (TPSA) is 47.0 Å². The molecule has 2 rings (SSSR count). The van der Waals surface area contributed by atoms with Crippen molar-refractivity contribution in [1.29, 1.82) is 0 Å². The summed E-state index contributed by atoms with van der Waals surface area (Å²) in [5.74, 6) is 0.658. The van der Waals surface area contributed by atoms with Crippen molar-refractivity contribution in [3.63, 3.8) is 0 Å². The third-order valence-corrected chi connectivity index (χ3v) is 3.40. The molecule has 0 saturated heterocycles. The van der Waals surface area contributed by atoms with Gasteiger partial charge in [0.2, 0.25) is 5.88 Å². The number of nitrogens with one attached hydrogen (secondary N) is 1. The van der Waals surface area contributed by atoms with Crippen LogP contribution in [0.2, 0.25) is 0 Å². The summed E-state index contributed by atoms with van der Waals surface area (Å²) in [5.41, 5.74) is 2.53. The van der Waals surface area contributed by atoms with E-state index in [9.17, 15) is 0 Å². The maximum atomic E-state index is 5.10. The summed E-state index contributed by atoms with van der Waals surface area (Å²) >= 11 is 0. The fraction of sp³-hybridized carbons (Fsp3) is 0.412. The molecular formula is C17H23N3O. The van der Waals surface area contributed by atoms with Gasteiger partial charge in [-0.25, -0.2) is 4.98 Å². The third-order valence-electron chi connectivity index (χ3n) is 3.40. The molecule has 4 nitrogen and oxygen atoms in total. The van der Waals surface area contributed by atoms with E-state index in [0.717, 1.165) is 25.8 Å². The molecule has 112 valence electrons. The zero-order valence-electron chi connectivity index (χ0n) is 12.7. The third kappa shape index (κ3) is 5.16. The standard InChI is InChI=1S/C17H23N3O/c1-3-8-19-16(11-14-6-9-18-10-7-14)12-15-4-5-17(21-2)20-13-15/h4-7,9-10,13,16,19H,3,8,11-12H2,1-2H3. The van der Waals surface area contributed by atoms with E-state index in [1.807, 2.05) is 24.7 Å². The molecule has 0 radical (unpaired) electrons. The van der Waals surface area contributed by atoms with Crippen LogP contribution in [0.15, 0.2) is 42.9 Å². The van der Waals surface area contributed by atoms with Gasteiger partial charge in [0.15, 0.2) is 0 Å². The van der Waals surface area contributed by atoms with Crippen LogP contribution in [-0.2, 0) is 12.8 Å². The van der Waals surface area contributed by atoms with Gasteiger partial charge >= 0.3 is 0 Å². The van der Waals surface area contributed by atoms with Gasteiger partial charge in [-0.3, -0.25) is 4.98 Å². The van der Waals surface area contributed by atoms with E-state index in [2.05, 4.69) is 40.4 Å². The first kappa shape index (κ1) is 15.4. The molecule has 1 atom stereocenters. The summed E-state index contributed by atoms with van der Waals surface area (Å²) in [4.78, 5) is 8.35. The van der Waals surface area contributed by atoms with Crippen LogP contribution >= 0.6 is 0 Å². The van der Waals surface area contributed by atoms with Crippen molar-refractivity contribution in [2.45, 2.75) is 32.2 Å². The van der Waals surface area contributed by atoms with Crippen LogP contribution in [0.25, 0.3) is 0 Å². The van der Waals surface area contributed by atoms with Gasteiger partial charge in [0.1, 0.15) is 0 Å². The Morgan fingerprint density at radius 2 is 1.86 bits per heavy atom. The highest BCUT2D eigenvalue weighted by atomic mass is 16.5. The van der Waals surface area contributed by atoms with E-state index in [4.69, 9.17) is 4.74 Å². The molecule has 1 N–H and O–H groups in total. The fourth-order valence-electron chi connectivity index (χ4n) is 2.31. The van der Waals surface area contributed by atoms with Gasteiger partial charge in [0.25, 0.3) is 0 Å². The SMILES string of the molecule is CCCNC(Cc1ccncc1)Cc1ccc(OC)nc1. The Labute approximate surface area is 126 Å². The van der Waals surface area contributed by atoms with E-state index < -0.39 is 0 Å². The predicted octanol–water partition coefficient (Wildman–Crippen LogP) is 2.64. The number of ether oxygens (including phenoxy) is 1. The van der Waals surface area contributed by atoms with Crippen LogP contribution in [0, 0.1) is 0 Å². The van der Waals surface area contributed by atoms with E-state index in [1.165, 1.54) is 11.1 Å². The molecular weight excluding hydrogens is 262 g/mol. The van der Waals surface area contributed by atoms with Crippen molar-refractivity contribution in [1.82, 2.24) is 15.3 Å². The van der Waals surface area contributed by atoms with Crippen molar-refractivity contribution in [2.75, 3.05) is 13.7 Å². The molecule has 0 fully saturated rings. The second kappa shape index (κ2) is 8.37. The molecule has 2 aromatic heterocycles. The molecule has 0 bridgehead atoms. The number of methoxy groups -OCH3 is 1. The lowest BCUT2D eigenvalue weighted by Gasteiger charge is -2.18. The average molecular weight is 285 g/mol. The molecule has 0 aliphatic heterocycles. The Balaban J connectivity index is 2.00. The van der Waals surface area contributed by atoms with E-state index >= 15 is 0 Å². The first-order valence-corrected chi connectivity index (χ1v) is 7.43. The van der Waals surface area contributed by atoms with Crippen LogP contribution < -0.4 is 10.1 Å². The number of aromatic nitrogens is 2. The zero-order chi connectivity index (χ0) is 14.9. The minimum Gasteiger partial charge on any atom is -0.481 e. The van der Waals surface area contributed by atoms with Gasteiger partial charge in [-0.15, -0.1) is 0 Å². The summed E-state index contributed by atoms with van der Waals surface area (Å²) in [6, 6.07) is 8.56. The molecule has 1 unspecified atom stereocenters. The second-order valence-electron chi connectivity index (χ2n) is 5.12. The number of pyridine rings is 2. The molecule has 0 aliphatic carbocycles. The quantitative estimate of drug-likeness (QED) is 0.810. The summed E-state index contributed by atoms with van der Waals surface area (Å²) in [6.45, 7) is 3.21. The lowest BCUT2D eigenvalue weighted by molar-refractivity contribution is 0.397. The number of hydrogen-bond acceptors (Lipinski definition) is 4. The summed E-state index contributed by atoms with van der Waals surface area (Å²) in [7, 11) is 1.64. The lowest BCUT2D eigenvalue weighted by atomic mass is 10.0. The number of hydrogen-bond donors (Lipinski definition) is 1. The summed E-state index contributed by atoms with van der Waals surface area (Å²) in [5, 5.41) is 3.62. The molecule has 21 heavy (non-hydrogen) atoms. The van der Waals surface area contributed by atoms with Gasteiger partial charge in [-0.1, -0.05) is 13.0 Å². The minimum absolute atomic E-state index is 0.405. The zero-order valence-corrected chi connectivity index (χ0v) is 12.7. The monoisotopic (exact) mass is 285 g/mol. The van der Waals surface area contributed by atoms with Gasteiger partial charge in [-0.05, 0) is 49.1 Å². The molecule has 2 aromatic rings. The van der Waals surface area contributed by atoms with Crippen LogP contribution in [0.1, 0.15) is 24.5 Å². The Hall–Kier alpha value is -1.94. The molecule has 0 amide bonds. The van der Waals surface area contributed by atoms with Gasteiger partial charge < -0.3 is 10.1 Å². The van der Waals surface area contributed by atoms with Crippen molar-refractivity contribution < 1.29 is 4.74 Å². The van der Waals surface area contributed by atoms with E-state index in [-0.39, 0.29) is 0 Å². The lowest BCUT2D eigenvalue weighted by Crippen LogP contribution is -2.33. The van der Waals surface area contributed by atoms with Crippen molar-refractivity contribution in [3.8, 4) is 5.88 Å². The Morgan fingerprint density at radius 1 is 1.10 bits per heavy atom. The van der Waals surface area contributed by atoms with Crippen LogP contribution in [-0.4, -0.2) is 29.7 Å². The highest BCUT2D eigenvalue weighted by molar-refractivity contribution is 5.20. The van der Waals surface area contributed by atoms with Crippen LogP contribution in [0.5, 0.6) is 5.88 Å². The van der Waals surface area contributed by atoms with Gasteiger partial charge in [0, 0.05) is 30.7 Å². The van der Waals surface area contributed by atoms with E-state index in [0.29, 0.717) is 11.9 Å². The highest BCUT2D eigenvalue weighted by Crippen LogP contribution is 2.11. The van der Waals surface area contributed by atoms with Crippen molar-refractivity contribution in [2.24, 2.45) is 0 Å². The smallest absolute Gasteiger partial charge is 0.212 e. The number of rotatable bonds is 8. The molecule has 0 spiro atoms. The van der Waals surface area contributed by atoms with Crippen molar-refractivity contribution in [3.05, 3.63) is 54.0 Å². The molecule has 0 aliphatic rings. The molecule has 2 heterocycles. The molecule has 4 heteroatoms. The second-order valence-corrected chi connectivity index (χ2v) is 5.12. The van der Waals surface area contributed by atoms with Crippen LogP contribution in [0.4, 0.5) is 0 Å². The molecule has 0 aromatic carbocycles. The van der Waals surface area contributed by atoms with Crippen molar-refractivity contribution >= 4 is 0 Å². The van der Waals surface area contributed by atoms with Crippen LogP contribution in [0.3, 0.4) is 0 Å². The first-order chi connectivity index (χ1) is 10.3. The molecule has 0 saturated carbocycles. The fourth-order valence-corrected chi connectivity index (χ4v) is 2.31. The maximum absolute atomic E-state index is 5.10. The normalized spacial score (nSPS) is 12.1. The van der Waals surface area contributed by atoms with Gasteiger partial charge in [0.05, 0.1) is 7.11 Å². The Morgan fingerprint density at radius 3 is 2.48 bits per heavy atom. The van der Waals surface area contributed by atoms with Gasteiger partial charge in [-0.2, -0.15) is 0 Å². The average Bonchev–Trinajstić information content (AvgIpc) is 2.54. The Kier molecular flexibility index (Phi) is 6.16.